The summed E-state index contributed by atoms with van der Waals surface area (Å²) >= 11 is 3.55. The number of benzene rings is 1. The van der Waals surface area contributed by atoms with Gasteiger partial charge < -0.3 is 9.88 Å². The molecule has 2 aromatic rings. The highest BCUT2D eigenvalue weighted by atomic mass is 79.9. The van der Waals surface area contributed by atoms with E-state index in [4.69, 9.17) is 0 Å². The van der Waals surface area contributed by atoms with Crippen molar-refractivity contribution in [3.05, 3.63) is 46.7 Å². The molecule has 0 radical (unpaired) electrons. The summed E-state index contributed by atoms with van der Waals surface area (Å²) in [5.41, 5.74) is 1.25. The monoisotopic (exact) mass is 279 g/mol. The highest BCUT2D eigenvalue weighted by molar-refractivity contribution is 9.10. The van der Waals surface area contributed by atoms with Gasteiger partial charge in [0.2, 0.25) is 5.95 Å². The Labute approximate surface area is 104 Å². The van der Waals surface area contributed by atoms with Gasteiger partial charge in [-0.15, -0.1) is 0 Å². The Morgan fingerprint density at radius 1 is 1.38 bits per heavy atom. The number of nitrogens with zero attached hydrogens (tertiary/aromatic N) is 2. The van der Waals surface area contributed by atoms with E-state index in [-0.39, 0.29) is 0 Å². The van der Waals surface area contributed by atoms with Crippen LogP contribution in [0, 0.1) is 0 Å². The van der Waals surface area contributed by atoms with Gasteiger partial charge in [0.25, 0.3) is 0 Å². The van der Waals surface area contributed by atoms with Crippen LogP contribution in [0.5, 0.6) is 0 Å². The maximum Gasteiger partial charge on any atom is 0.203 e. The quantitative estimate of drug-likeness (QED) is 0.932. The second-order valence-corrected chi connectivity index (χ2v) is 4.35. The SMILES string of the molecule is CCNc1nccn1Cc1ccccc1Br. The number of anilines is 1. The highest BCUT2D eigenvalue weighted by Gasteiger charge is 2.04. The maximum atomic E-state index is 4.27. The molecule has 1 heterocycles. The van der Waals surface area contributed by atoms with Gasteiger partial charge in [-0.05, 0) is 18.6 Å². The molecule has 3 nitrogen and oxygen atoms in total. The van der Waals surface area contributed by atoms with Gasteiger partial charge in [0.1, 0.15) is 0 Å². The number of hydrogen-bond donors (Lipinski definition) is 1. The summed E-state index contributed by atoms with van der Waals surface area (Å²) in [5, 5.41) is 3.23. The van der Waals surface area contributed by atoms with Gasteiger partial charge >= 0.3 is 0 Å². The molecule has 0 fully saturated rings. The molecule has 0 aliphatic carbocycles. The number of hydrogen-bond acceptors (Lipinski definition) is 2. The van der Waals surface area contributed by atoms with E-state index in [0.717, 1.165) is 23.5 Å². The Hall–Kier alpha value is -1.29. The average Bonchev–Trinajstić information content (AvgIpc) is 2.70. The maximum absolute atomic E-state index is 4.27. The molecule has 1 aromatic heterocycles. The predicted octanol–water partition coefficient (Wildman–Crippen LogP) is 3.13. The Morgan fingerprint density at radius 2 is 2.19 bits per heavy atom. The minimum absolute atomic E-state index is 0.823. The zero-order valence-corrected chi connectivity index (χ0v) is 10.7. The first kappa shape index (κ1) is 11.2. The van der Waals surface area contributed by atoms with Crippen LogP contribution in [-0.2, 0) is 6.54 Å². The van der Waals surface area contributed by atoms with Crippen LogP contribution < -0.4 is 5.32 Å². The lowest BCUT2D eigenvalue weighted by Crippen LogP contribution is -2.07. The molecule has 1 N–H and O–H groups in total. The van der Waals surface area contributed by atoms with Crippen molar-refractivity contribution in [2.45, 2.75) is 13.5 Å². The van der Waals surface area contributed by atoms with E-state index in [1.165, 1.54) is 5.56 Å². The number of halogens is 1. The number of nitrogens with one attached hydrogen (secondary N) is 1. The van der Waals surface area contributed by atoms with E-state index >= 15 is 0 Å². The van der Waals surface area contributed by atoms with Gasteiger partial charge in [0, 0.05) is 23.4 Å². The fraction of sp³-hybridized carbons (Fsp3) is 0.250. The zero-order chi connectivity index (χ0) is 11.4. The number of rotatable bonds is 4. The largest absolute Gasteiger partial charge is 0.356 e. The molecular weight excluding hydrogens is 266 g/mol. The second-order valence-electron chi connectivity index (χ2n) is 3.50. The van der Waals surface area contributed by atoms with Gasteiger partial charge in [-0.3, -0.25) is 0 Å². The Bertz CT molecular complexity index is 465. The summed E-state index contributed by atoms with van der Waals surface area (Å²) in [6.07, 6.45) is 3.80. The van der Waals surface area contributed by atoms with Crippen molar-refractivity contribution in [1.29, 1.82) is 0 Å². The predicted molar refractivity (Wildman–Crippen MR) is 69.6 cm³/mol. The first-order valence-electron chi connectivity index (χ1n) is 5.29. The van der Waals surface area contributed by atoms with Crippen molar-refractivity contribution < 1.29 is 0 Å². The van der Waals surface area contributed by atoms with Crippen LogP contribution in [-0.4, -0.2) is 16.1 Å². The van der Waals surface area contributed by atoms with E-state index in [1.807, 2.05) is 24.5 Å². The second kappa shape index (κ2) is 5.16. The van der Waals surface area contributed by atoms with E-state index < -0.39 is 0 Å². The van der Waals surface area contributed by atoms with Crippen LogP contribution in [0.1, 0.15) is 12.5 Å². The molecule has 0 amide bonds. The van der Waals surface area contributed by atoms with E-state index in [2.05, 4.69) is 49.9 Å². The molecule has 1 aromatic carbocycles. The third-order valence-electron chi connectivity index (χ3n) is 2.35. The van der Waals surface area contributed by atoms with Crippen molar-refractivity contribution in [3.8, 4) is 0 Å². The molecule has 0 atom stereocenters. The van der Waals surface area contributed by atoms with Gasteiger partial charge in [-0.2, -0.15) is 0 Å². The Morgan fingerprint density at radius 3 is 2.94 bits per heavy atom. The summed E-state index contributed by atoms with van der Waals surface area (Å²) in [7, 11) is 0. The smallest absolute Gasteiger partial charge is 0.203 e. The third kappa shape index (κ3) is 2.44. The topological polar surface area (TPSA) is 29.9 Å². The minimum Gasteiger partial charge on any atom is -0.356 e. The van der Waals surface area contributed by atoms with Crippen LogP contribution in [0.3, 0.4) is 0 Å². The minimum atomic E-state index is 0.823. The Balaban J connectivity index is 2.20. The number of aromatic nitrogens is 2. The van der Waals surface area contributed by atoms with Crippen LogP contribution in [0.15, 0.2) is 41.1 Å². The summed E-state index contributed by atoms with van der Waals surface area (Å²) < 4.78 is 3.23. The van der Waals surface area contributed by atoms with Crippen LogP contribution >= 0.6 is 15.9 Å². The molecule has 0 aliphatic heterocycles. The van der Waals surface area contributed by atoms with Crippen molar-refractivity contribution in [3.63, 3.8) is 0 Å². The standard InChI is InChI=1S/C12H14BrN3/c1-2-14-12-15-7-8-16(12)9-10-5-3-4-6-11(10)13/h3-8H,2,9H2,1H3,(H,14,15). The van der Waals surface area contributed by atoms with Gasteiger partial charge in [-0.25, -0.2) is 4.98 Å². The van der Waals surface area contributed by atoms with E-state index in [1.54, 1.807) is 0 Å². The molecular formula is C12H14BrN3. The summed E-state index contributed by atoms with van der Waals surface area (Å²) in [6, 6.07) is 8.23. The van der Waals surface area contributed by atoms with E-state index in [0.29, 0.717) is 0 Å². The molecule has 0 spiro atoms. The van der Waals surface area contributed by atoms with Crippen LogP contribution in [0.2, 0.25) is 0 Å². The van der Waals surface area contributed by atoms with Crippen molar-refractivity contribution in [2.75, 3.05) is 11.9 Å². The van der Waals surface area contributed by atoms with E-state index in [9.17, 15) is 0 Å². The molecule has 0 aliphatic rings. The van der Waals surface area contributed by atoms with Crippen molar-refractivity contribution in [1.82, 2.24) is 9.55 Å². The third-order valence-corrected chi connectivity index (χ3v) is 3.12. The van der Waals surface area contributed by atoms with Gasteiger partial charge in [-0.1, -0.05) is 34.1 Å². The molecule has 4 heteroatoms. The number of imidazole rings is 1. The lowest BCUT2D eigenvalue weighted by Gasteiger charge is -2.09. The fourth-order valence-electron chi connectivity index (χ4n) is 1.57. The summed E-state index contributed by atoms with van der Waals surface area (Å²) in [6.45, 7) is 3.77. The first-order valence-corrected chi connectivity index (χ1v) is 6.09. The summed E-state index contributed by atoms with van der Waals surface area (Å²) in [5.74, 6) is 0.915. The lowest BCUT2D eigenvalue weighted by atomic mass is 10.2. The van der Waals surface area contributed by atoms with Gasteiger partial charge in [0.15, 0.2) is 0 Å². The molecule has 0 unspecified atom stereocenters. The lowest BCUT2D eigenvalue weighted by molar-refractivity contribution is 0.797. The van der Waals surface area contributed by atoms with Crippen molar-refractivity contribution >= 4 is 21.9 Å². The molecule has 16 heavy (non-hydrogen) atoms. The Kier molecular flexibility index (Phi) is 3.62. The highest BCUT2D eigenvalue weighted by Crippen LogP contribution is 2.18. The van der Waals surface area contributed by atoms with Gasteiger partial charge in [0.05, 0.1) is 6.54 Å². The van der Waals surface area contributed by atoms with Crippen molar-refractivity contribution in [2.24, 2.45) is 0 Å². The average molecular weight is 280 g/mol. The summed E-state index contributed by atoms with van der Waals surface area (Å²) in [4.78, 5) is 4.27. The molecule has 2 rings (SSSR count). The molecule has 0 saturated heterocycles. The fourth-order valence-corrected chi connectivity index (χ4v) is 1.98. The molecule has 0 saturated carbocycles. The molecule has 84 valence electrons. The first-order chi connectivity index (χ1) is 7.81. The normalized spacial score (nSPS) is 10.4. The zero-order valence-electron chi connectivity index (χ0n) is 9.15. The van der Waals surface area contributed by atoms with Crippen LogP contribution in [0.4, 0.5) is 5.95 Å². The molecule has 0 bridgehead atoms. The van der Waals surface area contributed by atoms with Crippen LogP contribution in [0.25, 0.3) is 0 Å².